The summed E-state index contributed by atoms with van der Waals surface area (Å²) in [5.74, 6) is 0. The molecule has 0 atom stereocenters. The van der Waals surface area contributed by atoms with Gasteiger partial charge >= 0.3 is 0 Å². The summed E-state index contributed by atoms with van der Waals surface area (Å²) in [6, 6.07) is 58.2. The monoisotopic (exact) mass is 636 g/mol. The Morgan fingerprint density at radius 3 is 1.70 bits per heavy atom. The number of furan rings is 1. The zero-order chi connectivity index (χ0) is 33.1. The number of fused-ring (bicyclic) bond motifs is 12. The molecule has 0 spiro atoms. The van der Waals surface area contributed by atoms with Crippen LogP contribution in [0.3, 0.4) is 0 Å². The molecule has 0 amide bonds. The lowest BCUT2D eigenvalue weighted by Crippen LogP contribution is -2.15. The highest BCUT2D eigenvalue weighted by molar-refractivity contribution is 6.20. The minimum Gasteiger partial charge on any atom is -0.455 e. The molecule has 0 saturated carbocycles. The lowest BCUT2D eigenvalue weighted by atomic mass is 9.81. The van der Waals surface area contributed by atoms with Crippen LogP contribution < -0.4 is 0 Å². The first kappa shape index (κ1) is 27.7. The van der Waals surface area contributed by atoms with E-state index in [1.54, 1.807) is 0 Å². The molecule has 11 rings (SSSR count). The van der Waals surface area contributed by atoms with E-state index in [-0.39, 0.29) is 5.41 Å². The maximum Gasteiger partial charge on any atom is 0.143 e. The van der Waals surface area contributed by atoms with E-state index in [4.69, 9.17) is 4.42 Å². The molecule has 1 aliphatic carbocycles. The average molecular weight is 637 g/mol. The molecule has 1 nitrogen and oxygen atoms in total. The van der Waals surface area contributed by atoms with Crippen LogP contribution in [0.2, 0.25) is 0 Å². The van der Waals surface area contributed by atoms with Crippen molar-refractivity contribution < 1.29 is 4.42 Å². The van der Waals surface area contributed by atoms with Crippen molar-refractivity contribution in [1.29, 1.82) is 0 Å². The second kappa shape index (κ2) is 9.94. The summed E-state index contributed by atoms with van der Waals surface area (Å²) in [7, 11) is 0. The minimum absolute atomic E-state index is 0.144. The van der Waals surface area contributed by atoms with Crippen LogP contribution >= 0.6 is 0 Å². The van der Waals surface area contributed by atoms with Crippen molar-refractivity contribution >= 4 is 65.0 Å². The number of benzene rings is 9. The molecule has 0 bridgehead atoms. The lowest BCUT2D eigenvalue weighted by molar-refractivity contribution is 0.660. The van der Waals surface area contributed by atoms with Gasteiger partial charge in [-0.1, -0.05) is 147 Å². The van der Waals surface area contributed by atoms with Crippen molar-refractivity contribution in [3.8, 4) is 33.4 Å². The van der Waals surface area contributed by atoms with Gasteiger partial charge in [-0.3, -0.25) is 0 Å². The first-order chi connectivity index (χ1) is 24.6. The van der Waals surface area contributed by atoms with Crippen LogP contribution in [0.15, 0.2) is 162 Å². The van der Waals surface area contributed by atoms with Gasteiger partial charge in [0, 0.05) is 21.6 Å². The third-order valence-corrected chi connectivity index (χ3v) is 11.5. The lowest BCUT2D eigenvalue weighted by Gasteiger charge is -2.22. The molecule has 9 aromatic carbocycles. The van der Waals surface area contributed by atoms with E-state index in [1.165, 1.54) is 98.4 Å². The van der Waals surface area contributed by atoms with E-state index < -0.39 is 0 Å². The molecule has 0 unspecified atom stereocenters. The standard InChI is InChI=1S/C49H32O/c1-49(2)43-26-25-41-39(23-24-40-37-17-9-10-18-45(37)50-48(40)41)47(43)42-20-19-31(28-44(42)49)32-21-22-38(36-16-8-7-15-35(32)36)46-33-13-5-3-11-29(33)27-30-12-4-6-14-34(30)46/h3-28H,1-2H3. The fourth-order valence-corrected chi connectivity index (χ4v) is 9.06. The van der Waals surface area contributed by atoms with Crippen LogP contribution in [0.25, 0.3) is 98.4 Å². The Labute approximate surface area is 290 Å². The first-order valence-corrected chi connectivity index (χ1v) is 17.5. The summed E-state index contributed by atoms with van der Waals surface area (Å²) in [5, 5.41) is 12.4. The van der Waals surface area contributed by atoms with Gasteiger partial charge in [-0.25, -0.2) is 0 Å². The maximum absolute atomic E-state index is 6.47. The van der Waals surface area contributed by atoms with Crippen molar-refractivity contribution in [2.45, 2.75) is 19.3 Å². The molecule has 234 valence electrons. The fourth-order valence-electron chi connectivity index (χ4n) is 9.06. The molecule has 1 heteroatoms. The molecular formula is C49H32O. The highest BCUT2D eigenvalue weighted by atomic mass is 16.3. The van der Waals surface area contributed by atoms with E-state index in [9.17, 15) is 0 Å². The molecule has 0 saturated heterocycles. The Morgan fingerprint density at radius 2 is 0.940 bits per heavy atom. The zero-order valence-corrected chi connectivity index (χ0v) is 27.9. The summed E-state index contributed by atoms with van der Waals surface area (Å²) in [5.41, 5.74) is 12.2. The van der Waals surface area contributed by atoms with Gasteiger partial charge in [0.05, 0.1) is 0 Å². The molecule has 1 heterocycles. The summed E-state index contributed by atoms with van der Waals surface area (Å²) in [4.78, 5) is 0. The normalized spacial score (nSPS) is 13.6. The van der Waals surface area contributed by atoms with Crippen molar-refractivity contribution in [1.82, 2.24) is 0 Å². The zero-order valence-electron chi connectivity index (χ0n) is 27.9. The number of rotatable bonds is 2. The molecule has 0 radical (unpaired) electrons. The van der Waals surface area contributed by atoms with Gasteiger partial charge in [0.15, 0.2) is 0 Å². The Bertz CT molecular complexity index is 3010. The predicted molar refractivity (Wildman–Crippen MR) is 212 cm³/mol. The summed E-state index contributed by atoms with van der Waals surface area (Å²) in [6.07, 6.45) is 0. The van der Waals surface area contributed by atoms with Crippen LogP contribution in [-0.4, -0.2) is 0 Å². The van der Waals surface area contributed by atoms with Gasteiger partial charge in [0.2, 0.25) is 0 Å². The van der Waals surface area contributed by atoms with Crippen LogP contribution in [0.1, 0.15) is 25.0 Å². The van der Waals surface area contributed by atoms with Crippen molar-refractivity contribution in [3.63, 3.8) is 0 Å². The second-order valence-corrected chi connectivity index (χ2v) is 14.4. The quantitative estimate of drug-likeness (QED) is 0.172. The topological polar surface area (TPSA) is 13.1 Å². The Kier molecular flexibility index (Phi) is 5.51. The van der Waals surface area contributed by atoms with Crippen molar-refractivity contribution in [2.75, 3.05) is 0 Å². The Morgan fingerprint density at radius 1 is 0.380 bits per heavy atom. The smallest absolute Gasteiger partial charge is 0.143 e. The van der Waals surface area contributed by atoms with Crippen LogP contribution in [0.5, 0.6) is 0 Å². The van der Waals surface area contributed by atoms with Gasteiger partial charge in [0.1, 0.15) is 11.2 Å². The molecule has 0 N–H and O–H groups in total. The third-order valence-electron chi connectivity index (χ3n) is 11.5. The summed E-state index contributed by atoms with van der Waals surface area (Å²) < 4.78 is 6.47. The number of hydrogen-bond acceptors (Lipinski definition) is 1. The van der Waals surface area contributed by atoms with Crippen LogP contribution in [0, 0.1) is 0 Å². The Hall–Kier alpha value is -6.18. The highest BCUT2D eigenvalue weighted by Crippen LogP contribution is 2.53. The number of para-hydroxylation sites is 1. The third kappa shape index (κ3) is 3.67. The Balaban J connectivity index is 1.12. The summed E-state index contributed by atoms with van der Waals surface area (Å²) in [6.45, 7) is 4.75. The van der Waals surface area contributed by atoms with Gasteiger partial charge < -0.3 is 4.42 Å². The molecule has 10 aromatic rings. The van der Waals surface area contributed by atoms with Gasteiger partial charge in [-0.2, -0.15) is 0 Å². The van der Waals surface area contributed by atoms with Gasteiger partial charge in [0.25, 0.3) is 0 Å². The van der Waals surface area contributed by atoms with E-state index in [0.29, 0.717) is 0 Å². The fraction of sp³-hybridized carbons (Fsp3) is 0.0612. The molecule has 0 aliphatic heterocycles. The van der Waals surface area contributed by atoms with E-state index >= 15 is 0 Å². The predicted octanol–water partition coefficient (Wildman–Crippen LogP) is 13.8. The van der Waals surface area contributed by atoms with E-state index in [1.807, 2.05) is 6.07 Å². The van der Waals surface area contributed by atoms with Crippen LogP contribution in [-0.2, 0) is 5.41 Å². The highest BCUT2D eigenvalue weighted by Gasteiger charge is 2.37. The SMILES string of the molecule is CC1(C)c2cc(-c3ccc(-c4c5ccccc5cc5ccccc45)c4ccccc34)ccc2-c2c1ccc1c2ccc2c3ccccc3oc12. The first-order valence-electron chi connectivity index (χ1n) is 17.5. The van der Waals surface area contributed by atoms with Crippen molar-refractivity contribution in [3.05, 3.63) is 169 Å². The van der Waals surface area contributed by atoms with E-state index in [0.717, 1.165) is 11.2 Å². The largest absolute Gasteiger partial charge is 0.455 e. The average Bonchev–Trinajstić information content (AvgIpc) is 3.65. The second-order valence-electron chi connectivity index (χ2n) is 14.4. The molecule has 1 aliphatic rings. The molecule has 0 fully saturated rings. The van der Waals surface area contributed by atoms with E-state index in [2.05, 4.69) is 166 Å². The molecule has 50 heavy (non-hydrogen) atoms. The molecular weight excluding hydrogens is 605 g/mol. The molecule has 1 aromatic heterocycles. The van der Waals surface area contributed by atoms with Gasteiger partial charge in [-0.05, 0) is 106 Å². The van der Waals surface area contributed by atoms with Crippen molar-refractivity contribution in [2.24, 2.45) is 0 Å². The maximum atomic E-state index is 6.47. The number of hydrogen-bond donors (Lipinski definition) is 0. The minimum atomic E-state index is -0.144. The summed E-state index contributed by atoms with van der Waals surface area (Å²) >= 11 is 0. The van der Waals surface area contributed by atoms with Crippen LogP contribution in [0.4, 0.5) is 0 Å². The van der Waals surface area contributed by atoms with Gasteiger partial charge in [-0.15, -0.1) is 0 Å².